The maximum atomic E-state index is 12.6. The van der Waals surface area contributed by atoms with E-state index in [2.05, 4.69) is 48.0 Å². The van der Waals surface area contributed by atoms with Crippen LogP contribution in [0, 0.1) is 6.92 Å². The maximum absolute atomic E-state index is 12.6. The minimum absolute atomic E-state index is 0.000214. The summed E-state index contributed by atoms with van der Waals surface area (Å²) in [4.78, 5) is 19.2. The summed E-state index contributed by atoms with van der Waals surface area (Å²) in [5, 5.41) is 3.08. The molecule has 6 nitrogen and oxygen atoms in total. The van der Waals surface area contributed by atoms with Gasteiger partial charge in [-0.1, -0.05) is 0 Å². The first-order chi connectivity index (χ1) is 12.6. The van der Waals surface area contributed by atoms with Crippen LogP contribution in [0.5, 0.6) is 0 Å². The van der Waals surface area contributed by atoms with Gasteiger partial charge in [-0.15, -0.1) is 0 Å². The van der Waals surface area contributed by atoms with E-state index >= 15 is 0 Å². The molecule has 146 valence electrons. The fourth-order valence-corrected chi connectivity index (χ4v) is 3.37. The van der Waals surface area contributed by atoms with Crippen LogP contribution in [0.25, 0.3) is 0 Å². The molecule has 1 fully saturated rings. The highest BCUT2D eigenvalue weighted by Crippen LogP contribution is 2.23. The highest BCUT2D eigenvalue weighted by Gasteiger charge is 2.21. The van der Waals surface area contributed by atoms with Gasteiger partial charge in [-0.2, -0.15) is 0 Å². The minimum Gasteiger partial charge on any atom is -0.385 e. The van der Waals surface area contributed by atoms with Crippen molar-refractivity contribution in [2.75, 3.05) is 69.7 Å². The first-order valence-electron chi connectivity index (χ1n) is 9.71. The van der Waals surface area contributed by atoms with E-state index in [9.17, 15) is 4.79 Å². The number of anilines is 2. The van der Waals surface area contributed by atoms with Crippen LogP contribution in [-0.4, -0.2) is 75.4 Å². The SMILES string of the molecule is CCN(CC)c1ccc(NC(=O)N2CCN(CCCOC)CC2)c(C)c1. The molecule has 0 aliphatic carbocycles. The number of nitrogens with zero attached hydrogens (tertiary/aromatic N) is 3. The first-order valence-corrected chi connectivity index (χ1v) is 9.71. The Kier molecular flexibility index (Phi) is 8.19. The van der Waals surface area contributed by atoms with Crippen molar-refractivity contribution >= 4 is 17.4 Å². The number of carbonyl (C=O) groups is 1. The Morgan fingerprint density at radius 2 is 1.88 bits per heavy atom. The lowest BCUT2D eigenvalue weighted by atomic mass is 10.1. The predicted octanol–water partition coefficient (Wildman–Crippen LogP) is 3.03. The molecule has 0 radical (unpaired) electrons. The number of hydrogen-bond donors (Lipinski definition) is 1. The van der Waals surface area contributed by atoms with Crippen molar-refractivity contribution in [3.05, 3.63) is 23.8 Å². The Balaban J connectivity index is 1.86. The summed E-state index contributed by atoms with van der Waals surface area (Å²) in [7, 11) is 1.73. The number of ether oxygens (including phenoxy) is 1. The van der Waals surface area contributed by atoms with Crippen molar-refractivity contribution in [2.45, 2.75) is 27.2 Å². The van der Waals surface area contributed by atoms with E-state index in [1.54, 1.807) is 7.11 Å². The van der Waals surface area contributed by atoms with Crippen molar-refractivity contribution in [2.24, 2.45) is 0 Å². The summed E-state index contributed by atoms with van der Waals surface area (Å²) >= 11 is 0. The zero-order chi connectivity index (χ0) is 18.9. The second kappa shape index (κ2) is 10.4. The first kappa shape index (κ1) is 20.5. The molecule has 1 saturated heterocycles. The number of amides is 2. The van der Waals surface area contributed by atoms with E-state index in [1.807, 2.05) is 11.0 Å². The van der Waals surface area contributed by atoms with Crippen LogP contribution in [0.4, 0.5) is 16.2 Å². The smallest absolute Gasteiger partial charge is 0.321 e. The maximum Gasteiger partial charge on any atom is 0.321 e. The minimum atomic E-state index is 0.000214. The molecule has 1 aliphatic heterocycles. The predicted molar refractivity (Wildman–Crippen MR) is 108 cm³/mol. The van der Waals surface area contributed by atoms with E-state index in [-0.39, 0.29) is 6.03 Å². The highest BCUT2D eigenvalue weighted by molar-refractivity contribution is 5.90. The van der Waals surface area contributed by atoms with Gasteiger partial charge in [0.25, 0.3) is 0 Å². The Hall–Kier alpha value is -1.79. The Morgan fingerprint density at radius 1 is 1.19 bits per heavy atom. The quantitative estimate of drug-likeness (QED) is 0.722. The molecule has 0 unspecified atom stereocenters. The topological polar surface area (TPSA) is 48.1 Å². The molecule has 1 N–H and O–H groups in total. The molecule has 0 bridgehead atoms. The molecule has 0 atom stereocenters. The molecule has 2 amide bonds. The number of hydrogen-bond acceptors (Lipinski definition) is 4. The van der Waals surface area contributed by atoms with Gasteiger partial charge < -0.3 is 19.9 Å². The average Bonchev–Trinajstić information content (AvgIpc) is 2.65. The molecular weight excluding hydrogens is 328 g/mol. The van der Waals surface area contributed by atoms with E-state index < -0.39 is 0 Å². The molecule has 1 heterocycles. The molecule has 1 aromatic carbocycles. The molecular formula is C20H34N4O2. The van der Waals surface area contributed by atoms with E-state index in [4.69, 9.17) is 4.74 Å². The van der Waals surface area contributed by atoms with Gasteiger partial charge >= 0.3 is 6.03 Å². The third-order valence-corrected chi connectivity index (χ3v) is 5.06. The summed E-state index contributed by atoms with van der Waals surface area (Å²) in [6.45, 7) is 13.6. The van der Waals surface area contributed by atoms with Crippen LogP contribution in [0.1, 0.15) is 25.8 Å². The number of methoxy groups -OCH3 is 1. The van der Waals surface area contributed by atoms with Crippen molar-refractivity contribution in [3.63, 3.8) is 0 Å². The second-order valence-electron chi connectivity index (χ2n) is 6.78. The van der Waals surface area contributed by atoms with Crippen molar-refractivity contribution in [1.29, 1.82) is 0 Å². The number of aryl methyl sites for hydroxylation is 1. The fourth-order valence-electron chi connectivity index (χ4n) is 3.37. The number of urea groups is 1. The normalized spacial score (nSPS) is 15.2. The summed E-state index contributed by atoms with van der Waals surface area (Å²) in [6.07, 6.45) is 1.04. The van der Waals surface area contributed by atoms with Crippen LogP contribution in [0.3, 0.4) is 0 Å². The lowest BCUT2D eigenvalue weighted by Crippen LogP contribution is -2.50. The number of nitrogens with one attached hydrogen (secondary N) is 1. The number of piperazine rings is 1. The van der Waals surface area contributed by atoms with E-state index in [0.717, 1.165) is 70.1 Å². The van der Waals surface area contributed by atoms with Gasteiger partial charge in [0.2, 0.25) is 0 Å². The Bertz CT molecular complexity index is 567. The molecule has 0 aromatic heterocycles. The second-order valence-corrected chi connectivity index (χ2v) is 6.78. The Labute approximate surface area is 158 Å². The zero-order valence-corrected chi connectivity index (χ0v) is 16.8. The summed E-state index contributed by atoms with van der Waals surface area (Å²) < 4.78 is 5.10. The fraction of sp³-hybridized carbons (Fsp3) is 0.650. The van der Waals surface area contributed by atoms with Crippen molar-refractivity contribution in [3.8, 4) is 0 Å². The van der Waals surface area contributed by atoms with Gasteiger partial charge in [-0.25, -0.2) is 4.79 Å². The van der Waals surface area contributed by atoms with Crippen molar-refractivity contribution < 1.29 is 9.53 Å². The van der Waals surface area contributed by atoms with Crippen LogP contribution in [0.15, 0.2) is 18.2 Å². The Morgan fingerprint density at radius 3 is 2.46 bits per heavy atom. The molecule has 26 heavy (non-hydrogen) atoms. The molecule has 0 spiro atoms. The van der Waals surface area contributed by atoms with Gasteiger partial charge in [0.15, 0.2) is 0 Å². The van der Waals surface area contributed by atoms with E-state index in [1.165, 1.54) is 5.69 Å². The van der Waals surface area contributed by atoms with Gasteiger partial charge in [0, 0.05) is 70.9 Å². The molecule has 2 rings (SSSR count). The lowest BCUT2D eigenvalue weighted by Gasteiger charge is -2.34. The summed E-state index contributed by atoms with van der Waals surface area (Å²) in [6, 6.07) is 6.25. The van der Waals surface area contributed by atoms with Crippen molar-refractivity contribution in [1.82, 2.24) is 9.80 Å². The van der Waals surface area contributed by atoms with Crippen LogP contribution in [0.2, 0.25) is 0 Å². The van der Waals surface area contributed by atoms with Gasteiger partial charge in [-0.05, 0) is 51.0 Å². The largest absolute Gasteiger partial charge is 0.385 e. The van der Waals surface area contributed by atoms with Crippen LogP contribution < -0.4 is 10.2 Å². The van der Waals surface area contributed by atoms with Crippen LogP contribution in [-0.2, 0) is 4.74 Å². The van der Waals surface area contributed by atoms with Gasteiger partial charge in [-0.3, -0.25) is 4.90 Å². The number of benzene rings is 1. The monoisotopic (exact) mass is 362 g/mol. The van der Waals surface area contributed by atoms with Crippen LogP contribution >= 0.6 is 0 Å². The molecule has 0 saturated carbocycles. The number of rotatable bonds is 8. The lowest BCUT2D eigenvalue weighted by molar-refractivity contribution is 0.130. The number of carbonyl (C=O) groups excluding carboxylic acids is 1. The molecule has 6 heteroatoms. The van der Waals surface area contributed by atoms with Gasteiger partial charge in [0.1, 0.15) is 0 Å². The molecule has 1 aliphatic rings. The summed E-state index contributed by atoms with van der Waals surface area (Å²) in [5.74, 6) is 0. The highest BCUT2D eigenvalue weighted by atomic mass is 16.5. The average molecular weight is 363 g/mol. The van der Waals surface area contributed by atoms with E-state index in [0.29, 0.717) is 0 Å². The third-order valence-electron chi connectivity index (χ3n) is 5.06. The van der Waals surface area contributed by atoms with Gasteiger partial charge in [0.05, 0.1) is 0 Å². The summed E-state index contributed by atoms with van der Waals surface area (Å²) in [5.41, 5.74) is 3.20. The molecule has 1 aromatic rings. The zero-order valence-electron chi connectivity index (χ0n) is 16.8. The standard InChI is InChI=1S/C20H34N4O2/c1-5-23(6-2)18-8-9-19(17(3)16-18)21-20(25)24-13-11-22(12-14-24)10-7-15-26-4/h8-9,16H,5-7,10-15H2,1-4H3,(H,21,25). The third kappa shape index (κ3) is 5.61.